The van der Waals surface area contributed by atoms with E-state index in [-0.39, 0.29) is 5.82 Å². The van der Waals surface area contributed by atoms with Gasteiger partial charge >= 0.3 is 0 Å². The first-order valence-electron chi connectivity index (χ1n) is 4.69. The van der Waals surface area contributed by atoms with Crippen molar-refractivity contribution >= 4 is 17.2 Å². The summed E-state index contributed by atoms with van der Waals surface area (Å²) >= 11 is 1.35. The fourth-order valence-corrected chi connectivity index (χ4v) is 2.35. The minimum Gasteiger partial charge on any atom is -0.384 e. The van der Waals surface area contributed by atoms with Crippen LogP contribution in [0.2, 0.25) is 0 Å². The van der Waals surface area contributed by atoms with Crippen LogP contribution in [0.25, 0.3) is 10.6 Å². The molecule has 2 aromatic rings. The van der Waals surface area contributed by atoms with Crippen molar-refractivity contribution in [3.05, 3.63) is 22.8 Å². The number of hydrogen-bond acceptors (Lipinski definition) is 3. The molecule has 15 heavy (non-hydrogen) atoms. The monoisotopic (exact) mass is 225 g/mol. The molecule has 0 aliphatic rings. The molecule has 0 bridgehead atoms. The van der Waals surface area contributed by atoms with Crippen LogP contribution >= 0.6 is 11.3 Å². The molecule has 2 rings (SSSR count). The number of thiophene rings is 1. The van der Waals surface area contributed by atoms with E-state index in [4.69, 9.17) is 5.73 Å². The molecule has 2 N–H and O–H groups in total. The largest absolute Gasteiger partial charge is 0.384 e. The molecule has 0 aliphatic heterocycles. The maximum atomic E-state index is 13.4. The summed E-state index contributed by atoms with van der Waals surface area (Å²) in [6, 6.07) is 1.45. The van der Waals surface area contributed by atoms with E-state index in [1.807, 2.05) is 6.92 Å². The summed E-state index contributed by atoms with van der Waals surface area (Å²) in [6.45, 7) is 1.99. The Morgan fingerprint density at radius 1 is 1.60 bits per heavy atom. The Labute approximate surface area is 91.3 Å². The number of anilines is 1. The Balaban J connectivity index is 2.63. The molecule has 2 aromatic heterocycles. The van der Waals surface area contributed by atoms with Crippen molar-refractivity contribution in [1.29, 1.82) is 0 Å². The second-order valence-corrected chi connectivity index (χ2v) is 4.20. The lowest BCUT2D eigenvalue weighted by atomic mass is 10.1. The highest BCUT2D eigenvalue weighted by Gasteiger charge is 2.17. The first-order chi connectivity index (χ1) is 7.15. The average molecular weight is 225 g/mol. The molecule has 0 atom stereocenters. The lowest BCUT2D eigenvalue weighted by molar-refractivity contribution is 0.635. The molecule has 80 valence electrons. The predicted octanol–water partition coefficient (Wildman–Crippen LogP) is 2.43. The number of nitrogens with zero attached hydrogens (tertiary/aromatic N) is 2. The second kappa shape index (κ2) is 3.66. The Bertz CT molecular complexity index is 487. The normalized spacial score (nSPS) is 10.9. The Morgan fingerprint density at radius 3 is 2.87 bits per heavy atom. The molecule has 2 heterocycles. The molecule has 0 saturated carbocycles. The third-order valence-electron chi connectivity index (χ3n) is 2.38. The quantitative estimate of drug-likeness (QED) is 0.853. The molecule has 0 aliphatic carbocycles. The van der Waals surface area contributed by atoms with E-state index >= 15 is 0 Å². The summed E-state index contributed by atoms with van der Waals surface area (Å²) in [5, 5.41) is 5.96. The van der Waals surface area contributed by atoms with Gasteiger partial charge in [-0.1, -0.05) is 6.92 Å². The van der Waals surface area contributed by atoms with Gasteiger partial charge < -0.3 is 5.73 Å². The van der Waals surface area contributed by atoms with Gasteiger partial charge in [0.1, 0.15) is 17.3 Å². The molecule has 5 heteroatoms. The highest BCUT2D eigenvalue weighted by molar-refractivity contribution is 7.13. The Morgan fingerprint density at radius 2 is 2.33 bits per heavy atom. The fraction of sp³-hybridized carbons (Fsp3) is 0.300. The summed E-state index contributed by atoms with van der Waals surface area (Å²) in [7, 11) is 1.77. The minimum absolute atomic E-state index is 0.229. The van der Waals surface area contributed by atoms with Crippen LogP contribution in [-0.4, -0.2) is 9.78 Å². The zero-order valence-corrected chi connectivity index (χ0v) is 9.44. The highest BCUT2D eigenvalue weighted by Crippen LogP contribution is 2.32. The fourth-order valence-electron chi connectivity index (χ4n) is 1.57. The summed E-state index contributed by atoms with van der Waals surface area (Å²) in [5.74, 6) is 0.383. The molecular formula is C10H12FN3S. The smallest absolute Gasteiger partial charge is 0.143 e. The number of hydrogen-bond donors (Lipinski definition) is 1. The summed E-state index contributed by atoms with van der Waals surface area (Å²) in [6.07, 6.45) is 0.756. The van der Waals surface area contributed by atoms with E-state index in [9.17, 15) is 4.39 Å². The summed E-state index contributed by atoms with van der Waals surface area (Å²) < 4.78 is 15.0. The van der Waals surface area contributed by atoms with Gasteiger partial charge in [-0.2, -0.15) is 5.10 Å². The number of aryl methyl sites for hydroxylation is 1. The van der Waals surface area contributed by atoms with Crippen molar-refractivity contribution in [2.45, 2.75) is 13.3 Å². The molecule has 0 fully saturated rings. The Kier molecular flexibility index (Phi) is 2.48. The van der Waals surface area contributed by atoms with Gasteiger partial charge in [0.25, 0.3) is 0 Å². The zero-order chi connectivity index (χ0) is 11.0. The van der Waals surface area contributed by atoms with Crippen molar-refractivity contribution < 1.29 is 4.39 Å². The van der Waals surface area contributed by atoms with Crippen LogP contribution < -0.4 is 5.73 Å². The van der Waals surface area contributed by atoms with Crippen LogP contribution in [0.4, 0.5) is 10.2 Å². The summed E-state index contributed by atoms with van der Waals surface area (Å²) in [4.78, 5) is 0.569. The lowest BCUT2D eigenvalue weighted by Crippen LogP contribution is -1.98. The third-order valence-corrected chi connectivity index (χ3v) is 3.28. The molecule has 0 saturated heterocycles. The van der Waals surface area contributed by atoms with Gasteiger partial charge in [-0.25, -0.2) is 4.39 Å². The van der Waals surface area contributed by atoms with Crippen LogP contribution in [0.3, 0.4) is 0 Å². The maximum absolute atomic E-state index is 13.4. The van der Waals surface area contributed by atoms with E-state index in [1.165, 1.54) is 17.4 Å². The lowest BCUT2D eigenvalue weighted by Gasteiger charge is -1.97. The molecule has 3 nitrogen and oxygen atoms in total. The first-order valence-corrected chi connectivity index (χ1v) is 5.57. The number of nitrogen functional groups attached to an aromatic ring is 1. The third kappa shape index (κ3) is 1.52. The van der Waals surface area contributed by atoms with Gasteiger partial charge in [0.05, 0.1) is 4.88 Å². The standard InChI is InChI=1S/C10H12FN3S/c1-3-6-8(13-14(2)10(6)12)9-7(11)4-5-15-9/h4-5H,3,12H2,1-2H3. The van der Waals surface area contributed by atoms with Gasteiger partial charge in [0.15, 0.2) is 0 Å². The van der Waals surface area contributed by atoms with Crippen LogP contribution in [0.5, 0.6) is 0 Å². The van der Waals surface area contributed by atoms with Crippen molar-refractivity contribution in [1.82, 2.24) is 9.78 Å². The van der Waals surface area contributed by atoms with Gasteiger partial charge in [-0.05, 0) is 17.9 Å². The van der Waals surface area contributed by atoms with Crippen molar-refractivity contribution in [2.75, 3.05) is 5.73 Å². The van der Waals surface area contributed by atoms with Crippen molar-refractivity contribution in [2.24, 2.45) is 7.05 Å². The highest BCUT2D eigenvalue weighted by atomic mass is 32.1. The van der Waals surface area contributed by atoms with Gasteiger partial charge in [-0.15, -0.1) is 11.3 Å². The SMILES string of the molecule is CCc1c(-c2sccc2F)nn(C)c1N. The number of aromatic nitrogens is 2. The molecule has 0 amide bonds. The molecular weight excluding hydrogens is 213 g/mol. The zero-order valence-electron chi connectivity index (χ0n) is 8.62. The topological polar surface area (TPSA) is 43.8 Å². The van der Waals surface area contributed by atoms with E-state index in [2.05, 4.69) is 5.10 Å². The second-order valence-electron chi connectivity index (χ2n) is 3.29. The van der Waals surface area contributed by atoms with E-state index in [1.54, 1.807) is 17.1 Å². The first kappa shape index (κ1) is 10.2. The minimum atomic E-state index is -0.229. The molecule has 0 unspecified atom stereocenters. The van der Waals surface area contributed by atoms with Crippen molar-refractivity contribution in [3.63, 3.8) is 0 Å². The maximum Gasteiger partial charge on any atom is 0.143 e. The van der Waals surface area contributed by atoms with Crippen LogP contribution in [0, 0.1) is 5.82 Å². The predicted molar refractivity (Wildman–Crippen MR) is 60.3 cm³/mol. The van der Waals surface area contributed by atoms with Crippen LogP contribution in [0.15, 0.2) is 11.4 Å². The van der Waals surface area contributed by atoms with Gasteiger partial charge in [-0.3, -0.25) is 4.68 Å². The van der Waals surface area contributed by atoms with Crippen molar-refractivity contribution in [3.8, 4) is 10.6 Å². The average Bonchev–Trinajstić information content (AvgIpc) is 2.73. The Hall–Kier alpha value is -1.36. The molecule has 0 aromatic carbocycles. The van der Waals surface area contributed by atoms with E-state index in [0.29, 0.717) is 16.4 Å². The van der Waals surface area contributed by atoms with Gasteiger partial charge in [0, 0.05) is 12.6 Å². The number of rotatable bonds is 2. The number of halogens is 1. The molecule has 0 spiro atoms. The van der Waals surface area contributed by atoms with Crippen LogP contribution in [-0.2, 0) is 13.5 Å². The van der Waals surface area contributed by atoms with E-state index in [0.717, 1.165) is 12.0 Å². The van der Waals surface area contributed by atoms with Crippen LogP contribution in [0.1, 0.15) is 12.5 Å². The summed E-state index contributed by atoms with van der Waals surface area (Å²) in [5.41, 5.74) is 7.44. The molecule has 0 radical (unpaired) electrons. The van der Waals surface area contributed by atoms with Gasteiger partial charge in [0.2, 0.25) is 0 Å². The van der Waals surface area contributed by atoms with E-state index < -0.39 is 0 Å². The number of nitrogens with two attached hydrogens (primary N) is 1.